The van der Waals surface area contributed by atoms with Gasteiger partial charge in [0.1, 0.15) is 5.82 Å². The Morgan fingerprint density at radius 3 is 2.83 bits per heavy atom. The van der Waals surface area contributed by atoms with E-state index in [-0.39, 0.29) is 11.9 Å². The number of fused-ring (bicyclic) bond motifs is 1. The van der Waals surface area contributed by atoms with Crippen molar-refractivity contribution in [2.24, 2.45) is 11.8 Å². The highest BCUT2D eigenvalue weighted by atomic mass is 19.1. The molecule has 2 aromatic heterocycles. The summed E-state index contributed by atoms with van der Waals surface area (Å²) in [4.78, 5) is 22.1. The number of halogens is 1. The Morgan fingerprint density at radius 1 is 1.25 bits per heavy atom. The summed E-state index contributed by atoms with van der Waals surface area (Å²) in [5.74, 6) is 0.787. The zero-order valence-electron chi connectivity index (χ0n) is 21.9. The van der Waals surface area contributed by atoms with E-state index in [1.54, 1.807) is 18.0 Å². The normalized spacial score (nSPS) is 20.6. The fourth-order valence-corrected chi connectivity index (χ4v) is 5.90. The molecule has 192 valence electrons. The molecule has 2 saturated heterocycles. The van der Waals surface area contributed by atoms with Crippen molar-refractivity contribution in [3.63, 3.8) is 0 Å². The highest BCUT2D eigenvalue weighted by Gasteiger charge is 2.28. The van der Waals surface area contributed by atoms with E-state index in [9.17, 15) is 9.18 Å². The van der Waals surface area contributed by atoms with Crippen LogP contribution in [-0.2, 0) is 6.42 Å². The number of benzene rings is 1. The number of carbonyl (C=O) groups is 1. The van der Waals surface area contributed by atoms with Gasteiger partial charge in [0.15, 0.2) is 0 Å². The Bertz CT molecular complexity index is 1250. The van der Waals surface area contributed by atoms with Gasteiger partial charge in [-0.05, 0) is 101 Å². The summed E-state index contributed by atoms with van der Waals surface area (Å²) in [5.41, 5.74) is 4.43. The predicted molar refractivity (Wildman–Crippen MR) is 142 cm³/mol. The molecule has 0 saturated carbocycles. The number of hydrogen-bond acceptors (Lipinski definition) is 4. The number of aromatic nitrogens is 2. The van der Waals surface area contributed by atoms with E-state index < -0.39 is 5.82 Å². The van der Waals surface area contributed by atoms with Gasteiger partial charge in [-0.25, -0.2) is 4.39 Å². The second-order valence-corrected chi connectivity index (χ2v) is 11.0. The number of carbonyl (C=O) groups excluding carboxylic acids is 1. The summed E-state index contributed by atoms with van der Waals surface area (Å²) in [6.45, 7) is 11.8. The summed E-state index contributed by atoms with van der Waals surface area (Å²) >= 11 is 0. The van der Waals surface area contributed by atoms with Crippen molar-refractivity contribution in [2.75, 3.05) is 39.8 Å². The molecule has 2 fully saturated rings. The van der Waals surface area contributed by atoms with E-state index in [2.05, 4.69) is 28.3 Å². The number of pyridine rings is 1. The van der Waals surface area contributed by atoms with Crippen molar-refractivity contribution in [3.05, 3.63) is 59.3 Å². The number of nitrogens with zero attached hydrogens (tertiary/aromatic N) is 4. The predicted octanol–water partition coefficient (Wildman–Crippen LogP) is 4.43. The summed E-state index contributed by atoms with van der Waals surface area (Å²) in [6, 6.07) is 4.52. The minimum atomic E-state index is -0.409. The van der Waals surface area contributed by atoms with Crippen LogP contribution in [0.3, 0.4) is 0 Å². The highest BCUT2D eigenvalue weighted by Crippen LogP contribution is 2.32. The average molecular weight is 492 g/mol. The molecular formula is C29H38FN5O. The van der Waals surface area contributed by atoms with Gasteiger partial charge in [-0.3, -0.25) is 9.78 Å². The number of aryl methyl sites for hydroxylation is 1. The van der Waals surface area contributed by atoms with Crippen molar-refractivity contribution < 1.29 is 9.18 Å². The summed E-state index contributed by atoms with van der Waals surface area (Å²) in [5, 5.41) is 4.68. The van der Waals surface area contributed by atoms with Crippen LogP contribution < -0.4 is 5.32 Å². The third kappa shape index (κ3) is 4.91. The first-order chi connectivity index (χ1) is 17.3. The molecule has 0 radical (unpaired) electrons. The van der Waals surface area contributed by atoms with E-state index in [4.69, 9.17) is 0 Å². The second-order valence-electron chi connectivity index (χ2n) is 11.0. The molecule has 1 N–H and O–H groups in total. The third-order valence-corrected chi connectivity index (χ3v) is 8.08. The SMILES string of the molecule is Cc1cncc2c1c(C[C@H]1CCN(C[C@H]3CCNC3)C1)cn2-c1ccc(F)cc1C(=O)N(C)C(C)C. The maximum atomic E-state index is 14.3. The molecular weight excluding hydrogens is 453 g/mol. The van der Waals surface area contributed by atoms with Crippen molar-refractivity contribution >= 4 is 16.8 Å². The summed E-state index contributed by atoms with van der Waals surface area (Å²) in [6.07, 6.45) is 9.41. The lowest BCUT2D eigenvalue weighted by molar-refractivity contribution is 0.0754. The number of nitrogens with one attached hydrogen (secondary N) is 1. The number of amides is 1. The lowest BCUT2D eigenvalue weighted by Gasteiger charge is -2.23. The van der Waals surface area contributed by atoms with Crippen LogP contribution in [0.2, 0.25) is 0 Å². The van der Waals surface area contributed by atoms with Crippen molar-refractivity contribution in [1.29, 1.82) is 0 Å². The minimum absolute atomic E-state index is 0.0137. The molecule has 0 aliphatic carbocycles. The summed E-state index contributed by atoms with van der Waals surface area (Å²) < 4.78 is 16.4. The van der Waals surface area contributed by atoms with Crippen molar-refractivity contribution in [1.82, 2.24) is 24.7 Å². The van der Waals surface area contributed by atoms with Crippen LogP contribution >= 0.6 is 0 Å². The van der Waals surface area contributed by atoms with Gasteiger partial charge in [0.25, 0.3) is 5.91 Å². The quantitative estimate of drug-likeness (QED) is 0.531. The first-order valence-electron chi connectivity index (χ1n) is 13.3. The maximum Gasteiger partial charge on any atom is 0.256 e. The van der Waals surface area contributed by atoms with Crippen LogP contribution in [0.1, 0.15) is 48.2 Å². The molecule has 1 aromatic carbocycles. The molecule has 0 spiro atoms. The molecule has 2 atom stereocenters. The number of hydrogen-bond donors (Lipinski definition) is 1. The fraction of sp³-hybridized carbons (Fsp3) is 0.517. The molecule has 2 aliphatic rings. The average Bonchev–Trinajstić information content (AvgIpc) is 3.60. The number of rotatable bonds is 7. The Kier molecular flexibility index (Phi) is 7.13. The fourth-order valence-electron chi connectivity index (χ4n) is 5.90. The van der Waals surface area contributed by atoms with Crippen LogP contribution in [0, 0.1) is 24.6 Å². The molecule has 7 heteroatoms. The topological polar surface area (TPSA) is 53.4 Å². The Hall–Kier alpha value is -2.77. The van der Waals surface area contributed by atoms with Crippen molar-refractivity contribution in [3.8, 4) is 5.69 Å². The molecule has 3 aromatic rings. The largest absolute Gasteiger partial charge is 0.339 e. The lowest BCUT2D eigenvalue weighted by atomic mass is 9.97. The molecule has 36 heavy (non-hydrogen) atoms. The first-order valence-corrected chi connectivity index (χ1v) is 13.3. The van der Waals surface area contributed by atoms with E-state index in [1.807, 2.05) is 30.8 Å². The van der Waals surface area contributed by atoms with Gasteiger partial charge in [-0.2, -0.15) is 0 Å². The maximum absolute atomic E-state index is 14.3. The number of likely N-dealkylation sites (tertiary alicyclic amines) is 1. The molecule has 0 bridgehead atoms. The van der Waals surface area contributed by atoms with Gasteiger partial charge in [0.05, 0.1) is 23.0 Å². The third-order valence-electron chi connectivity index (χ3n) is 8.08. The molecule has 2 aliphatic heterocycles. The van der Waals surface area contributed by atoms with Gasteiger partial charge in [0.2, 0.25) is 0 Å². The molecule has 1 amide bonds. The van der Waals surface area contributed by atoms with Crippen molar-refractivity contribution in [2.45, 2.75) is 46.1 Å². The molecule has 6 nitrogen and oxygen atoms in total. The van der Waals surface area contributed by atoms with Crippen LogP contribution in [0.25, 0.3) is 16.6 Å². The van der Waals surface area contributed by atoms with E-state index >= 15 is 0 Å². The lowest BCUT2D eigenvalue weighted by Crippen LogP contribution is -2.33. The Balaban J connectivity index is 1.48. The van der Waals surface area contributed by atoms with Gasteiger partial charge < -0.3 is 19.7 Å². The standard InChI is InChI=1S/C29H38FN5O/c1-19(2)33(4)29(36)25-12-24(30)5-6-26(25)35-18-23(28-20(3)13-32-15-27(28)35)11-21-8-10-34(16-21)17-22-7-9-31-14-22/h5-6,12-13,15,18-19,21-22,31H,7-11,14,16-17H2,1-4H3/t21-,22+/m1/s1. The smallest absolute Gasteiger partial charge is 0.256 e. The minimum Gasteiger partial charge on any atom is -0.339 e. The second kappa shape index (κ2) is 10.3. The highest BCUT2D eigenvalue weighted by molar-refractivity contribution is 5.99. The van der Waals surface area contributed by atoms with E-state index in [1.165, 1.54) is 49.0 Å². The molecule has 4 heterocycles. The Labute approximate surface area is 213 Å². The molecule has 0 unspecified atom stereocenters. The van der Waals surface area contributed by atoms with E-state index in [0.717, 1.165) is 43.1 Å². The first kappa shape index (κ1) is 24.9. The Morgan fingerprint density at radius 2 is 2.08 bits per heavy atom. The monoisotopic (exact) mass is 491 g/mol. The zero-order chi connectivity index (χ0) is 25.4. The van der Waals surface area contributed by atoms with Crippen LogP contribution in [0.5, 0.6) is 0 Å². The van der Waals surface area contributed by atoms with Gasteiger partial charge in [0, 0.05) is 44.0 Å². The molecule has 5 rings (SSSR count). The van der Waals surface area contributed by atoms with Crippen LogP contribution in [0.15, 0.2) is 36.8 Å². The van der Waals surface area contributed by atoms with Crippen LogP contribution in [-0.4, -0.2) is 71.1 Å². The van der Waals surface area contributed by atoms with Crippen LogP contribution in [0.4, 0.5) is 4.39 Å². The van der Waals surface area contributed by atoms with Gasteiger partial charge in [-0.15, -0.1) is 0 Å². The van der Waals surface area contributed by atoms with Gasteiger partial charge >= 0.3 is 0 Å². The van der Waals surface area contributed by atoms with E-state index in [0.29, 0.717) is 17.2 Å². The zero-order valence-corrected chi connectivity index (χ0v) is 21.9. The van der Waals surface area contributed by atoms with Gasteiger partial charge in [-0.1, -0.05) is 0 Å². The summed E-state index contributed by atoms with van der Waals surface area (Å²) in [7, 11) is 1.76.